The van der Waals surface area contributed by atoms with Gasteiger partial charge in [0, 0.05) is 36.0 Å². The molecule has 1 aliphatic rings. The maximum atomic E-state index is 12.5. The second-order valence-electron chi connectivity index (χ2n) is 6.77. The number of aliphatic hydroxyl groups is 1. The number of hydrogen-bond acceptors (Lipinski definition) is 5. The summed E-state index contributed by atoms with van der Waals surface area (Å²) >= 11 is 0. The van der Waals surface area contributed by atoms with Crippen LogP contribution in [-0.4, -0.2) is 26.9 Å². The number of nitro groups is 1. The zero-order valence-electron chi connectivity index (χ0n) is 13.5. The van der Waals surface area contributed by atoms with Crippen LogP contribution < -0.4 is 0 Å². The number of aliphatic hydroxyl groups excluding tert-OH is 1. The molecule has 1 aliphatic carbocycles. The predicted molar refractivity (Wildman–Crippen MR) is 85.8 cm³/mol. The van der Waals surface area contributed by atoms with Gasteiger partial charge in [0.1, 0.15) is 5.76 Å². The number of carbonyl (C=O) groups is 2. The van der Waals surface area contributed by atoms with E-state index in [1.54, 1.807) is 6.07 Å². The third kappa shape index (κ3) is 3.61. The quantitative estimate of drug-likeness (QED) is 0.630. The minimum atomic E-state index is -1.20. The normalized spacial score (nSPS) is 18.3. The number of nitro benzene ring substituents is 1. The molecule has 0 aliphatic heterocycles. The van der Waals surface area contributed by atoms with E-state index < -0.39 is 28.6 Å². The number of para-hydroxylation sites is 1. The fourth-order valence-electron chi connectivity index (χ4n) is 3.19. The molecule has 0 radical (unpaired) electrons. The molecule has 1 aromatic carbocycles. The van der Waals surface area contributed by atoms with Crippen LogP contribution in [0.5, 0.6) is 0 Å². The summed E-state index contributed by atoms with van der Waals surface area (Å²) in [6.07, 6.45) is -0.121. The molecule has 0 heterocycles. The molecular formula is C17H19NO6. The number of nitrogens with zero attached hydrogens (tertiary/aromatic N) is 1. The highest BCUT2D eigenvalue weighted by atomic mass is 16.6. The van der Waals surface area contributed by atoms with E-state index in [0.29, 0.717) is 0 Å². The van der Waals surface area contributed by atoms with Crippen LogP contribution in [0, 0.1) is 15.5 Å². The van der Waals surface area contributed by atoms with Crippen molar-refractivity contribution in [2.75, 3.05) is 0 Å². The largest absolute Gasteiger partial charge is 0.512 e. The lowest BCUT2D eigenvalue weighted by Gasteiger charge is -2.32. The number of ketones is 1. The van der Waals surface area contributed by atoms with Gasteiger partial charge in [0.15, 0.2) is 5.78 Å². The number of benzene rings is 1. The monoisotopic (exact) mass is 333 g/mol. The Kier molecular flexibility index (Phi) is 4.73. The van der Waals surface area contributed by atoms with E-state index in [2.05, 4.69) is 0 Å². The van der Waals surface area contributed by atoms with Gasteiger partial charge in [0.2, 0.25) is 0 Å². The van der Waals surface area contributed by atoms with Gasteiger partial charge >= 0.3 is 5.97 Å². The van der Waals surface area contributed by atoms with Crippen LogP contribution in [0.1, 0.15) is 44.6 Å². The van der Waals surface area contributed by atoms with Crippen LogP contribution in [0.4, 0.5) is 5.69 Å². The summed E-state index contributed by atoms with van der Waals surface area (Å²) in [6, 6.07) is 5.71. The fourth-order valence-corrected chi connectivity index (χ4v) is 3.19. The van der Waals surface area contributed by atoms with Gasteiger partial charge in [-0.15, -0.1) is 0 Å². The molecule has 1 unspecified atom stereocenters. The van der Waals surface area contributed by atoms with Gasteiger partial charge in [-0.1, -0.05) is 32.0 Å². The van der Waals surface area contributed by atoms with Crippen LogP contribution in [0.2, 0.25) is 0 Å². The SMILES string of the molecule is CC1(C)CC(=O)C(C(CC(=O)O)c2ccccc2[N+](=O)[O-])=C(O)C1. The van der Waals surface area contributed by atoms with Crippen molar-refractivity contribution in [3.8, 4) is 0 Å². The summed E-state index contributed by atoms with van der Waals surface area (Å²) in [5.74, 6) is -2.79. The zero-order chi connectivity index (χ0) is 18.1. The van der Waals surface area contributed by atoms with Crippen LogP contribution in [0.15, 0.2) is 35.6 Å². The molecule has 7 heteroatoms. The van der Waals surface area contributed by atoms with Gasteiger partial charge < -0.3 is 10.2 Å². The van der Waals surface area contributed by atoms with Crippen LogP contribution >= 0.6 is 0 Å². The Bertz CT molecular complexity index is 734. The Morgan fingerprint density at radius 1 is 1.33 bits per heavy atom. The Labute approximate surface area is 138 Å². The van der Waals surface area contributed by atoms with Gasteiger partial charge in [0.05, 0.1) is 11.3 Å². The molecule has 0 aromatic heterocycles. The van der Waals surface area contributed by atoms with Crippen molar-refractivity contribution < 1.29 is 24.7 Å². The molecule has 0 fully saturated rings. The highest BCUT2D eigenvalue weighted by Crippen LogP contribution is 2.43. The van der Waals surface area contributed by atoms with Crippen molar-refractivity contribution in [3.05, 3.63) is 51.3 Å². The molecule has 7 nitrogen and oxygen atoms in total. The number of rotatable bonds is 5. The number of carbonyl (C=O) groups excluding carboxylic acids is 1. The molecule has 0 saturated heterocycles. The molecule has 1 aromatic rings. The molecule has 1 atom stereocenters. The summed E-state index contributed by atoms with van der Waals surface area (Å²) in [4.78, 5) is 34.4. The minimum Gasteiger partial charge on any atom is -0.512 e. The van der Waals surface area contributed by atoms with Gasteiger partial charge in [-0.2, -0.15) is 0 Å². The number of aliphatic carboxylic acids is 1. The predicted octanol–water partition coefficient (Wildman–Crippen LogP) is 3.35. The maximum absolute atomic E-state index is 12.5. The molecule has 128 valence electrons. The first kappa shape index (κ1) is 17.7. The van der Waals surface area contributed by atoms with E-state index in [4.69, 9.17) is 0 Å². The second kappa shape index (κ2) is 6.43. The molecule has 0 saturated carbocycles. The minimum absolute atomic E-state index is 0.0222. The Morgan fingerprint density at radius 3 is 2.50 bits per heavy atom. The van der Waals surface area contributed by atoms with Crippen LogP contribution in [-0.2, 0) is 9.59 Å². The maximum Gasteiger partial charge on any atom is 0.304 e. The number of allylic oxidation sites excluding steroid dienone is 2. The second-order valence-corrected chi connectivity index (χ2v) is 6.77. The van der Waals surface area contributed by atoms with Crippen molar-refractivity contribution in [2.45, 2.75) is 39.0 Å². The average molecular weight is 333 g/mol. The first-order valence-corrected chi connectivity index (χ1v) is 7.52. The zero-order valence-corrected chi connectivity index (χ0v) is 13.5. The van der Waals surface area contributed by atoms with E-state index in [-0.39, 0.29) is 41.2 Å². The summed E-state index contributed by atoms with van der Waals surface area (Å²) in [5, 5.41) is 30.8. The van der Waals surface area contributed by atoms with Crippen molar-refractivity contribution in [3.63, 3.8) is 0 Å². The molecular weight excluding hydrogens is 314 g/mol. The van der Waals surface area contributed by atoms with Gasteiger partial charge in [-0.05, 0) is 5.41 Å². The van der Waals surface area contributed by atoms with Gasteiger partial charge in [-0.3, -0.25) is 19.7 Å². The topological polar surface area (TPSA) is 118 Å². The number of carboxylic acids is 1. The van der Waals surface area contributed by atoms with Crippen molar-refractivity contribution >= 4 is 17.4 Å². The summed E-state index contributed by atoms with van der Waals surface area (Å²) < 4.78 is 0. The number of carboxylic acid groups (broad SMARTS) is 1. The fraction of sp³-hybridized carbons (Fsp3) is 0.412. The Balaban J connectivity index is 2.61. The molecule has 24 heavy (non-hydrogen) atoms. The van der Waals surface area contributed by atoms with E-state index in [1.807, 2.05) is 13.8 Å². The van der Waals surface area contributed by atoms with E-state index in [0.717, 1.165) is 0 Å². The molecule has 0 amide bonds. The van der Waals surface area contributed by atoms with E-state index >= 15 is 0 Å². The first-order chi connectivity index (χ1) is 11.1. The highest BCUT2D eigenvalue weighted by molar-refractivity contribution is 5.99. The standard InChI is InChI=1S/C17H19NO6/c1-17(2)8-13(19)16(14(20)9-17)11(7-15(21)22)10-5-3-4-6-12(10)18(23)24/h3-6,11,19H,7-9H2,1-2H3,(H,21,22). The summed E-state index contributed by atoms with van der Waals surface area (Å²) in [6.45, 7) is 3.66. The van der Waals surface area contributed by atoms with Crippen LogP contribution in [0.25, 0.3) is 0 Å². The molecule has 0 spiro atoms. The molecule has 0 bridgehead atoms. The lowest BCUT2D eigenvalue weighted by atomic mass is 9.72. The van der Waals surface area contributed by atoms with Crippen LogP contribution in [0.3, 0.4) is 0 Å². The Hall–Kier alpha value is -2.70. The third-order valence-electron chi connectivity index (χ3n) is 4.13. The van der Waals surface area contributed by atoms with Gasteiger partial charge in [-0.25, -0.2) is 0 Å². The molecule has 2 N–H and O–H groups in total. The number of Topliss-reactive ketones (excluding diaryl/α,β-unsaturated/α-hetero) is 1. The highest BCUT2D eigenvalue weighted by Gasteiger charge is 2.39. The third-order valence-corrected chi connectivity index (χ3v) is 4.13. The lowest BCUT2D eigenvalue weighted by Crippen LogP contribution is -2.29. The number of hydrogen-bond donors (Lipinski definition) is 2. The van der Waals surface area contributed by atoms with Gasteiger partial charge in [0.25, 0.3) is 5.69 Å². The van der Waals surface area contributed by atoms with Crippen molar-refractivity contribution in [2.24, 2.45) is 5.41 Å². The average Bonchev–Trinajstić information content (AvgIpc) is 2.43. The van der Waals surface area contributed by atoms with Crippen molar-refractivity contribution in [1.82, 2.24) is 0 Å². The smallest absolute Gasteiger partial charge is 0.304 e. The molecule has 2 rings (SSSR count). The first-order valence-electron chi connectivity index (χ1n) is 7.52. The van der Waals surface area contributed by atoms with Crippen molar-refractivity contribution in [1.29, 1.82) is 0 Å². The lowest BCUT2D eigenvalue weighted by molar-refractivity contribution is -0.385. The summed E-state index contributed by atoms with van der Waals surface area (Å²) in [7, 11) is 0. The summed E-state index contributed by atoms with van der Waals surface area (Å²) in [5.41, 5.74) is -0.589. The van der Waals surface area contributed by atoms with E-state index in [1.165, 1.54) is 18.2 Å². The van der Waals surface area contributed by atoms with E-state index in [9.17, 15) is 29.9 Å². The Morgan fingerprint density at radius 2 is 1.96 bits per heavy atom.